The molecule has 2 aromatic carbocycles. The molecule has 26 heavy (non-hydrogen) atoms. The lowest BCUT2D eigenvalue weighted by atomic mass is 10.2. The number of rotatable bonds is 7. The number of ether oxygens (including phenoxy) is 3. The first-order chi connectivity index (χ1) is 12.4. The average molecular weight is 360 g/mol. The highest BCUT2D eigenvalue weighted by Crippen LogP contribution is 2.29. The number of hydrogen-bond donors (Lipinski definition) is 1. The molecule has 0 aromatic heterocycles. The molecule has 0 fully saturated rings. The second kappa shape index (κ2) is 8.47. The van der Waals surface area contributed by atoms with Gasteiger partial charge in [0.05, 0.1) is 24.7 Å². The topological polar surface area (TPSA) is 117 Å². The molecule has 0 atom stereocenters. The Balaban J connectivity index is 1.95. The number of nitrogens with one attached hydrogen (secondary N) is 1. The van der Waals surface area contributed by atoms with E-state index in [0.29, 0.717) is 17.2 Å². The number of nitrogens with zero attached hydrogens (tertiary/aromatic N) is 1. The average Bonchev–Trinajstić information content (AvgIpc) is 2.66. The van der Waals surface area contributed by atoms with Gasteiger partial charge < -0.3 is 19.5 Å². The molecule has 0 saturated heterocycles. The summed E-state index contributed by atoms with van der Waals surface area (Å²) in [5, 5.41) is 13.3. The standard InChI is InChI=1S/C17H16N2O7/c1-24-14-7-6-12(9-15(14)25-2)18-16(20)10-26-17(21)11-4-3-5-13(8-11)19(22)23/h3-9H,10H2,1-2H3,(H,18,20). The van der Waals surface area contributed by atoms with Gasteiger partial charge in [-0.25, -0.2) is 4.79 Å². The van der Waals surface area contributed by atoms with Crippen molar-refractivity contribution in [3.05, 3.63) is 58.1 Å². The number of hydrogen-bond acceptors (Lipinski definition) is 7. The maximum absolute atomic E-state index is 11.9. The van der Waals surface area contributed by atoms with Gasteiger partial charge in [0.2, 0.25) is 0 Å². The molecule has 1 N–H and O–H groups in total. The summed E-state index contributed by atoms with van der Waals surface area (Å²) in [6.07, 6.45) is 0. The van der Waals surface area contributed by atoms with Crippen LogP contribution in [-0.4, -0.2) is 37.6 Å². The number of non-ortho nitro benzene ring substituents is 1. The summed E-state index contributed by atoms with van der Waals surface area (Å²) < 4.78 is 15.1. The van der Waals surface area contributed by atoms with Crippen molar-refractivity contribution >= 4 is 23.3 Å². The molecule has 0 aliphatic carbocycles. The Labute approximate surface area is 148 Å². The third-order valence-electron chi connectivity index (χ3n) is 3.29. The summed E-state index contributed by atoms with van der Waals surface area (Å²) >= 11 is 0. The SMILES string of the molecule is COc1ccc(NC(=O)COC(=O)c2cccc([N+](=O)[O-])c2)cc1OC. The van der Waals surface area contributed by atoms with Crippen molar-refractivity contribution in [1.29, 1.82) is 0 Å². The van der Waals surface area contributed by atoms with Gasteiger partial charge >= 0.3 is 5.97 Å². The largest absolute Gasteiger partial charge is 0.493 e. The van der Waals surface area contributed by atoms with Crippen molar-refractivity contribution in [3.8, 4) is 11.5 Å². The Hall–Kier alpha value is -3.62. The highest BCUT2D eigenvalue weighted by Gasteiger charge is 2.14. The van der Waals surface area contributed by atoms with Crippen LogP contribution in [0.25, 0.3) is 0 Å². The molecule has 2 rings (SSSR count). The molecule has 0 radical (unpaired) electrons. The predicted molar refractivity (Wildman–Crippen MR) is 91.6 cm³/mol. The molecule has 0 spiro atoms. The van der Waals surface area contributed by atoms with Gasteiger partial charge in [0.15, 0.2) is 18.1 Å². The first-order valence-electron chi connectivity index (χ1n) is 7.38. The van der Waals surface area contributed by atoms with Crippen LogP contribution in [0.4, 0.5) is 11.4 Å². The maximum atomic E-state index is 11.9. The summed E-state index contributed by atoms with van der Waals surface area (Å²) in [5.74, 6) is -0.478. The van der Waals surface area contributed by atoms with Crippen molar-refractivity contribution < 1.29 is 28.7 Å². The number of methoxy groups -OCH3 is 2. The van der Waals surface area contributed by atoms with Crippen LogP contribution in [0, 0.1) is 10.1 Å². The number of nitro groups is 1. The van der Waals surface area contributed by atoms with Crippen LogP contribution in [0.2, 0.25) is 0 Å². The van der Waals surface area contributed by atoms with E-state index >= 15 is 0 Å². The van der Waals surface area contributed by atoms with E-state index in [9.17, 15) is 19.7 Å². The third-order valence-corrected chi connectivity index (χ3v) is 3.29. The number of esters is 1. The van der Waals surface area contributed by atoms with Gasteiger partial charge in [-0.3, -0.25) is 14.9 Å². The van der Waals surface area contributed by atoms with Crippen molar-refractivity contribution in [2.45, 2.75) is 0 Å². The fourth-order valence-electron chi connectivity index (χ4n) is 2.07. The molecule has 9 nitrogen and oxygen atoms in total. The van der Waals surface area contributed by atoms with Crippen LogP contribution in [0.1, 0.15) is 10.4 Å². The first-order valence-corrected chi connectivity index (χ1v) is 7.38. The number of amides is 1. The Kier molecular flexibility index (Phi) is 6.10. The molecule has 2 aromatic rings. The molecule has 1 amide bonds. The van der Waals surface area contributed by atoms with E-state index in [1.165, 1.54) is 32.4 Å². The minimum Gasteiger partial charge on any atom is -0.493 e. The third kappa shape index (κ3) is 4.69. The summed E-state index contributed by atoms with van der Waals surface area (Å²) in [7, 11) is 2.95. The van der Waals surface area contributed by atoms with E-state index < -0.39 is 23.4 Å². The Morgan fingerprint density at radius 1 is 1.08 bits per heavy atom. The molecule has 0 unspecified atom stereocenters. The number of nitro benzene ring substituents is 1. The summed E-state index contributed by atoms with van der Waals surface area (Å²) in [4.78, 5) is 33.9. The van der Waals surface area contributed by atoms with Crippen LogP contribution >= 0.6 is 0 Å². The molecule has 0 aliphatic rings. The molecular weight excluding hydrogens is 344 g/mol. The second-order valence-corrected chi connectivity index (χ2v) is 5.00. The van der Waals surface area contributed by atoms with Crippen LogP contribution in [0.5, 0.6) is 11.5 Å². The lowest BCUT2D eigenvalue weighted by Gasteiger charge is -2.10. The Morgan fingerprint density at radius 3 is 2.46 bits per heavy atom. The van der Waals surface area contributed by atoms with Gasteiger partial charge in [-0.15, -0.1) is 0 Å². The van der Waals surface area contributed by atoms with Gasteiger partial charge in [0, 0.05) is 23.9 Å². The quantitative estimate of drug-likeness (QED) is 0.458. The van der Waals surface area contributed by atoms with E-state index in [0.717, 1.165) is 6.07 Å². The van der Waals surface area contributed by atoms with Crippen molar-refractivity contribution in [2.75, 3.05) is 26.1 Å². The van der Waals surface area contributed by atoms with Crippen LogP contribution in [-0.2, 0) is 9.53 Å². The zero-order valence-electron chi connectivity index (χ0n) is 14.1. The van der Waals surface area contributed by atoms with E-state index in [-0.39, 0.29) is 11.3 Å². The predicted octanol–water partition coefficient (Wildman–Crippen LogP) is 2.41. The van der Waals surface area contributed by atoms with Crippen molar-refractivity contribution in [2.24, 2.45) is 0 Å². The molecular formula is C17H16N2O7. The number of benzene rings is 2. The van der Waals surface area contributed by atoms with Gasteiger partial charge in [-0.2, -0.15) is 0 Å². The monoisotopic (exact) mass is 360 g/mol. The van der Waals surface area contributed by atoms with E-state index in [1.54, 1.807) is 18.2 Å². The molecule has 9 heteroatoms. The molecule has 0 saturated carbocycles. The van der Waals surface area contributed by atoms with Crippen LogP contribution in [0.15, 0.2) is 42.5 Å². The Morgan fingerprint density at radius 2 is 1.81 bits per heavy atom. The zero-order chi connectivity index (χ0) is 19.1. The Bertz CT molecular complexity index is 836. The molecule has 0 heterocycles. The maximum Gasteiger partial charge on any atom is 0.338 e. The van der Waals surface area contributed by atoms with Gasteiger partial charge in [0.1, 0.15) is 0 Å². The molecule has 136 valence electrons. The number of carbonyl (C=O) groups excluding carboxylic acids is 2. The molecule has 0 bridgehead atoms. The van der Waals surface area contributed by atoms with E-state index in [1.807, 2.05) is 0 Å². The summed E-state index contributed by atoms with van der Waals surface area (Å²) in [6.45, 7) is -0.546. The van der Waals surface area contributed by atoms with Gasteiger partial charge in [-0.05, 0) is 18.2 Å². The fraction of sp³-hybridized carbons (Fsp3) is 0.176. The fourth-order valence-corrected chi connectivity index (χ4v) is 2.07. The summed E-state index contributed by atoms with van der Waals surface area (Å²) in [5.41, 5.74) is 0.173. The minimum atomic E-state index is -0.837. The van der Waals surface area contributed by atoms with Crippen LogP contribution < -0.4 is 14.8 Å². The highest BCUT2D eigenvalue weighted by molar-refractivity contribution is 5.95. The van der Waals surface area contributed by atoms with Gasteiger partial charge in [0.25, 0.3) is 11.6 Å². The van der Waals surface area contributed by atoms with Gasteiger partial charge in [-0.1, -0.05) is 6.07 Å². The smallest absolute Gasteiger partial charge is 0.338 e. The lowest BCUT2D eigenvalue weighted by Crippen LogP contribution is -2.21. The van der Waals surface area contributed by atoms with Crippen molar-refractivity contribution in [3.63, 3.8) is 0 Å². The second-order valence-electron chi connectivity index (χ2n) is 5.00. The normalized spacial score (nSPS) is 9.92. The number of carbonyl (C=O) groups is 2. The minimum absolute atomic E-state index is 0.0156. The van der Waals surface area contributed by atoms with Crippen LogP contribution in [0.3, 0.4) is 0 Å². The first kappa shape index (κ1) is 18.7. The number of anilines is 1. The highest BCUT2D eigenvalue weighted by atomic mass is 16.6. The zero-order valence-corrected chi connectivity index (χ0v) is 14.1. The van der Waals surface area contributed by atoms with E-state index in [4.69, 9.17) is 14.2 Å². The lowest BCUT2D eigenvalue weighted by molar-refractivity contribution is -0.384. The molecule has 0 aliphatic heterocycles. The van der Waals surface area contributed by atoms with E-state index in [2.05, 4.69) is 5.32 Å². The van der Waals surface area contributed by atoms with Crippen molar-refractivity contribution in [1.82, 2.24) is 0 Å². The summed E-state index contributed by atoms with van der Waals surface area (Å²) in [6, 6.07) is 9.82.